The SMILES string of the molecule is C[C@@H](NC(=O)c1cnn2c(C(F)(F)F)cc(-c3ccccc3)nc12)[C@@H]1C[C@H]2CC[C@H]1C2. The summed E-state index contributed by atoms with van der Waals surface area (Å²) in [4.78, 5) is 17.4. The maximum atomic E-state index is 13.7. The second kappa shape index (κ2) is 7.35. The van der Waals surface area contributed by atoms with Gasteiger partial charge < -0.3 is 5.32 Å². The van der Waals surface area contributed by atoms with E-state index in [1.54, 1.807) is 30.3 Å². The van der Waals surface area contributed by atoms with Crippen molar-refractivity contribution in [2.75, 3.05) is 0 Å². The molecule has 1 amide bonds. The van der Waals surface area contributed by atoms with Gasteiger partial charge in [-0.1, -0.05) is 36.8 Å². The van der Waals surface area contributed by atoms with E-state index in [4.69, 9.17) is 0 Å². The van der Waals surface area contributed by atoms with Crippen LogP contribution in [-0.2, 0) is 6.18 Å². The number of aromatic nitrogens is 3. The van der Waals surface area contributed by atoms with E-state index >= 15 is 0 Å². The minimum absolute atomic E-state index is 0.0443. The summed E-state index contributed by atoms with van der Waals surface area (Å²) in [6.07, 6.45) is 1.33. The third-order valence-corrected chi connectivity index (χ3v) is 6.87. The Morgan fingerprint density at radius 3 is 2.61 bits per heavy atom. The fraction of sp³-hybridized carbons (Fsp3) is 0.435. The topological polar surface area (TPSA) is 59.3 Å². The van der Waals surface area contributed by atoms with Gasteiger partial charge in [0.1, 0.15) is 5.56 Å². The van der Waals surface area contributed by atoms with Crippen LogP contribution in [0.3, 0.4) is 0 Å². The molecule has 1 aromatic carbocycles. The molecular formula is C23H23F3N4O. The first-order valence-corrected chi connectivity index (χ1v) is 10.6. The van der Waals surface area contributed by atoms with Crippen molar-refractivity contribution in [2.24, 2.45) is 17.8 Å². The summed E-state index contributed by atoms with van der Waals surface area (Å²) in [6, 6.07) is 9.54. The number of benzene rings is 1. The van der Waals surface area contributed by atoms with E-state index < -0.39 is 17.8 Å². The van der Waals surface area contributed by atoms with Crippen LogP contribution in [0.5, 0.6) is 0 Å². The zero-order chi connectivity index (χ0) is 21.8. The highest BCUT2D eigenvalue weighted by Crippen LogP contribution is 2.49. The van der Waals surface area contributed by atoms with Crippen LogP contribution in [0.4, 0.5) is 13.2 Å². The molecular weight excluding hydrogens is 405 g/mol. The fourth-order valence-electron chi connectivity index (χ4n) is 5.38. The molecule has 2 aliphatic rings. The largest absolute Gasteiger partial charge is 0.433 e. The highest BCUT2D eigenvalue weighted by Gasteiger charge is 2.42. The number of amides is 1. The molecule has 8 heteroatoms. The summed E-state index contributed by atoms with van der Waals surface area (Å²) in [5.41, 5.74) is -0.310. The van der Waals surface area contributed by atoms with Gasteiger partial charge in [0.15, 0.2) is 11.3 Å². The van der Waals surface area contributed by atoms with E-state index in [1.807, 2.05) is 6.92 Å². The van der Waals surface area contributed by atoms with Crippen LogP contribution < -0.4 is 5.32 Å². The second-order valence-corrected chi connectivity index (χ2v) is 8.78. The standard InChI is InChI=1S/C23H23F3N4O/c1-13(17-10-14-7-8-16(17)9-14)28-22(31)18-12-27-30-20(23(24,25)26)11-19(29-21(18)30)15-5-3-2-4-6-15/h2-6,11-14,16-17H,7-10H2,1H3,(H,28,31)/t13-,14+,16+,17+/m1/s1. The first kappa shape index (κ1) is 20.0. The zero-order valence-electron chi connectivity index (χ0n) is 17.1. The smallest absolute Gasteiger partial charge is 0.349 e. The minimum Gasteiger partial charge on any atom is -0.349 e. The summed E-state index contributed by atoms with van der Waals surface area (Å²) in [5.74, 6) is 1.36. The molecule has 2 heterocycles. The molecule has 5 nitrogen and oxygen atoms in total. The molecule has 0 aliphatic heterocycles. The molecule has 2 fully saturated rings. The van der Waals surface area contributed by atoms with Crippen molar-refractivity contribution >= 4 is 11.6 Å². The summed E-state index contributed by atoms with van der Waals surface area (Å²) >= 11 is 0. The van der Waals surface area contributed by atoms with Gasteiger partial charge in [-0.05, 0) is 50.0 Å². The first-order valence-electron chi connectivity index (χ1n) is 10.6. The lowest BCUT2D eigenvalue weighted by Crippen LogP contribution is -2.40. The molecule has 5 rings (SSSR count). The molecule has 0 saturated heterocycles. The van der Waals surface area contributed by atoms with Crippen molar-refractivity contribution in [1.29, 1.82) is 0 Å². The summed E-state index contributed by atoms with van der Waals surface area (Å²) in [6.45, 7) is 1.99. The monoisotopic (exact) mass is 428 g/mol. The van der Waals surface area contributed by atoms with E-state index in [0.717, 1.165) is 18.4 Å². The highest BCUT2D eigenvalue weighted by molar-refractivity contribution is 6.00. The van der Waals surface area contributed by atoms with Crippen LogP contribution in [0.25, 0.3) is 16.9 Å². The third-order valence-electron chi connectivity index (χ3n) is 6.87. The Morgan fingerprint density at radius 1 is 1.19 bits per heavy atom. The number of hydrogen-bond acceptors (Lipinski definition) is 3. The number of nitrogens with zero attached hydrogens (tertiary/aromatic N) is 3. The minimum atomic E-state index is -4.64. The summed E-state index contributed by atoms with van der Waals surface area (Å²) in [7, 11) is 0. The van der Waals surface area contributed by atoms with Crippen molar-refractivity contribution in [1.82, 2.24) is 19.9 Å². The van der Waals surface area contributed by atoms with E-state index in [2.05, 4.69) is 15.4 Å². The normalized spacial score (nSPS) is 23.9. The van der Waals surface area contributed by atoms with Crippen LogP contribution in [0.1, 0.15) is 48.7 Å². The van der Waals surface area contributed by atoms with Gasteiger partial charge in [0.05, 0.1) is 11.9 Å². The van der Waals surface area contributed by atoms with Crippen molar-refractivity contribution in [3.8, 4) is 11.3 Å². The van der Waals surface area contributed by atoms with Crippen LogP contribution in [-0.4, -0.2) is 26.5 Å². The second-order valence-electron chi connectivity index (χ2n) is 8.78. The average Bonchev–Trinajstić information content (AvgIpc) is 3.48. The Morgan fingerprint density at radius 2 is 1.97 bits per heavy atom. The molecule has 0 spiro atoms. The predicted molar refractivity (Wildman–Crippen MR) is 109 cm³/mol. The number of rotatable bonds is 4. The maximum absolute atomic E-state index is 13.7. The highest BCUT2D eigenvalue weighted by atomic mass is 19.4. The van der Waals surface area contributed by atoms with E-state index in [1.165, 1.54) is 25.5 Å². The average molecular weight is 428 g/mol. The van der Waals surface area contributed by atoms with Gasteiger partial charge in [-0.2, -0.15) is 18.3 Å². The molecule has 31 heavy (non-hydrogen) atoms. The third kappa shape index (κ3) is 3.58. The molecule has 2 saturated carbocycles. The van der Waals surface area contributed by atoms with Gasteiger partial charge in [0.25, 0.3) is 5.91 Å². The number of fused-ring (bicyclic) bond motifs is 3. The zero-order valence-corrected chi connectivity index (χ0v) is 17.1. The van der Waals surface area contributed by atoms with E-state index in [0.29, 0.717) is 21.9 Å². The van der Waals surface area contributed by atoms with Gasteiger partial charge >= 0.3 is 6.18 Å². The van der Waals surface area contributed by atoms with Gasteiger partial charge in [0.2, 0.25) is 0 Å². The molecule has 1 N–H and O–H groups in total. The number of halogens is 3. The van der Waals surface area contributed by atoms with Crippen LogP contribution in [0, 0.1) is 17.8 Å². The van der Waals surface area contributed by atoms with Gasteiger partial charge in [-0.15, -0.1) is 0 Å². The number of nitrogens with one attached hydrogen (secondary N) is 1. The number of carbonyl (C=O) groups excluding carboxylic acids is 1. The molecule has 0 radical (unpaired) electrons. The summed E-state index contributed by atoms with van der Waals surface area (Å²) < 4.78 is 41.9. The first-order chi connectivity index (χ1) is 14.8. The van der Waals surface area contributed by atoms with Gasteiger partial charge in [-0.25, -0.2) is 9.50 Å². The fourth-order valence-corrected chi connectivity index (χ4v) is 5.38. The van der Waals surface area contributed by atoms with Crippen LogP contribution in [0.15, 0.2) is 42.6 Å². The maximum Gasteiger partial charge on any atom is 0.433 e. The lowest BCUT2D eigenvalue weighted by atomic mass is 9.84. The number of carbonyl (C=O) groups is 1. The Kier molecular flexibility index (Phi) is 4.75. The van der Waals surface area contributed by atoms with E-state index in [9.17, 15) is 18.0 Å². The molecule has 2 aromatic heterocycles. The van der Waals surface area contributed by atoms with E-state index in [-0.39, 0.29) is 22.9 Å². The van der Waals surface area contributed by atoms with Gasteiger partial charge in [0, 0.05) is 11.6 Å². The van der Waals surface area contributed by atoms with Crippen LogP contribution in [0.2, 0.25) is 0 Å². The quantitative estimate of drug-likeness (QED) is 0.638. The Balaban J connectivity index is 1.51. The van der Waals surface area contributed by atoms with Crippen molar-refractivity contribution in [2.45, 2.75) is 44.8 Å². The van der Waals surface area contributed by atoms with Crippen molar-refractivity contribution in [3.05, 3.63) is 53.9 Å². The summed E-state index contributed by atoms with van der Waals surface area (Å²) in [5, 5.41) is 6.86. The molecule has 4 atom stereocenters. The number of hydrogen-bond donors (Lipinski definition) is 1. The number of alkyl halides is 3. The van der Waals surface area contributed by atoms with Crippen molar-refractivity contribution < 1.29 is 18.0 Å². The molecule has 3 aromatic rings. The Hall–Kier alpha value is -2.90. The van der Waals surface area contributed by atoms with Crippen LogP contribution >= 0.6 is 0 Å². The van der Waals surface area contributed by atoms with Gasteiger partial charge in [-0.3, -0.25) is 4.79 Å². The lowest BCUT2D eigenvalue weighted by Gasteiger charge is -2.28. The molecule has 162 valence electrons. The van der Waals surface area contributed by atoms with Crippen molar-refractivity contribution in [3.63, 3.8) is 0 Å². The Labute approximate surface area is 177 Å². The molecule has 0 unspecified atom stereocenters. The Bertz CT molecular complexity index is 1130. The predicted octanol–water partition coefficient (Wildman–Crippen LogP) is 4.97. The molecule has 2 aliphatic carbocycles. The lowest BCUT2D eigenvalue weighted by molar-refractivity contribution is -0.142. The molecule has 2 bridgehead atoms.